The first-order valence-corrected chi connectivity index (χ1v) is 5.76. The third-order valence-electron chi connectivity index (χ3n) is 2.56. The van der Waals surface area contributed by atoms with Crippen LogP contribution in [-0.2, 0) is 11.4 Å². The number of isocyanates is 1. The molecular weight excluding hydrogens is 242 g/mol. The van der Waals surface area contributed by atoms with Gasteiger partial charge in [-0.2, -0.15) is 4.99 Å². The molecule has 0 aliphatic heterocycles. The largest absolute Gasteiger partial charge is 0.494 e. The summed E-state index contributed by atoms with van der Waals surface area (Å²) in [5, 5.41) is 0. The lowest BCUT2D eigenvalue weighted by Gasteiger charge is -2.08. The third-order valence-corrected chi connectivity index (χ3v) is 2.56. The maximum absolute atomic E-state index is 10.3. The van der Waals surface area contributed by atoms with Gasteiger partial charge in [0.2, 0.25) is 6.08 Å². The molecule has 0 radical (unpaired) electrons. The van der Waals surface area contributed by atoms with Gasteiger partial charge in [0.1, 0.15) is 23.8 Å². The predicted molar refractivity (Wildman–Crippen MR) is 71.5 cm³/mol. The molecule has 0 aliphatic rings. The van der Waals surface area contributed by atoms with Crippen molar-refractivity contribution in [2.75, 3.05) is 7.11 Å². The van der Waals surface area contributed by atoms with E-state index in [9.17, 15) is 4.79 Å². The number of nitrogens with zero attached hydrogens (tertiary/aromatic N) is 1. The van der Waals surface area contributed by atoms with Gasteiger partial charge >= 0.3 is 0 Å². The fraction of sp³-hybridized carbons (Fsp3) is 0.133. The first kappa shape index (κ1) is 12.9. The molecule has 0 saturated heterocycles. The van der Waals surface area contributed by atoms with Gasteiger partial charge < -0.3 is 9.47 Å². The van der Waals surface area contributed by atoms with Crippen LogP contribution in [0.1, 0.15) is 5.56 Å². The second kappa shape index (κ2) is 6.38. The van der Waals surface area contributed by atoms with E-state index in [0.717, 1.165) is 5.56 Å². The number of ether oxygens (including phenoxy) is 2. The Labute approximate surface area is 111 Å². The van der Waals surface area contributed by atoms with Crippen molar-refractivity contribution in [1.29, 1.82) is 0 Å². The number of methoxy groups -OCH3 is 1. The van der Waals surface area contributed by atoms with E-state index in [-0.39, 0.29) is 0 Å². The van der Waals surface area contributed by atoms with Crippen molar-refractivity contribution in [2.45, 2.75) is 6.61 Å². The summed E-state index contributed by atoms with van der Waals surface area (Å²) in [6.07, 6.45) is 1.50. The van der Waals surface area contributed by atoms with E-state index in [2.05, 4.69) is 4.99 Å². The minimum atomic E-state index is 0.406. The highest BCUT2D eigenvalue weighted by Crippen LogP contribution is 2.31. The Hall–Kier alpha value is -2.58. The van der Waals surface area contributed by atoms with Crippen LogP contribution in [0.3, 0.4) is 0 Å². The van der Waals surface area contributed by atoms with Crippen molar-refractivity contribution in [3.05, 3.63) is 54.1 Å². The van der Waals surface area contributed by atoms with Gasteiger partial charge in [0.15, 0.2) is 0 Å². The molecule has 96 valence electrons. The number of aliphatic imine (C=N–C) groups is 1. The zero-order valence-corrected chi connectivity index (χ0v) is 10.5. The molecule has 2 aromatic rings. The normalized spacial score (nSPS) is 9.53. The molecule has 0 atom stereocenters. The van der Waals surface area contributed by atoms with E-state index in [1.807, 2.05) is 30.3 Å². The molecule has 0 N–H and O–H groups in total. The molecule has 0 bridgehead atoms. The first-order chi connectivity index (χ1) is 9.33. The molecule has 0 unspecified atom stereocenters. The Morgan fingerprint density at radius 1 is 1.16 bits per heavy atom. The van der Waals surface area contributed by atoms with Crippen molar-refractivity contribution in [3.63, 3.8) is 0 Å². The average Bonchev–Trinajstić information content (AvgIpc) is 2.47. The summed E-state index contributed by atoms with van der Waals surface area (Å²) >= 11 is 0. The molecule has 0 fully saturated rings. The van der Waals surface area contributed by atoms with Crippen LogP contribution in [0.2, 0.25) is 0 Å². The Kier molecular flexibility index (Phi) is 4.32. The SMILES string of the molecule is COc1ccc(OCc2ccccc2)cc1N=C=O. The summed E-state index contributed by atoms with van der Waals surface area (Å²) in [4.78, 5) is 13.9. The molecule has 4 heteroatoms. The molecule has 0 amide bonds. The summed E-state index contributed by atoms with van der Waals surface area (Å²) in [5.74, 6) is 1.13. The average molecular weight is 255 g/mol. The zero-order valence-electron chi connectivity index (χ0n) is 10.5. The molecule has 0 aromatic heterocycles. The van der Waals surface area contributed by atoms with Crippen molar-refractivity contribution >= 4 is 11.8 Å². The molecule has 0 heterocycles. The van der Waals surface area contributed by atoms with E-state index in [4.69, 9.17) is 9.47 Å². The van der Waals surface area contributed by atoms with Crippen LogP contribution in [0.4, 0.5) is 5.69 Å². The van der Waals surface area contributed by atoms with E-state index < -0.39 is 0 Å². The lowest BCUT2D eigenvalue weighted by Crippen LogP contribution is -1.95. The quantitative estimate of drug-likeness (QED) is 0.608. The van der Waals surface area contributed by atoms with Gasteiger partial charge in [-0.05, 0) is 17.7 Å². The second-order valence-corrected chi connectivity index (χ2v) is 3.81. The summed E-state index contributed by atoms with van der Waals surface area (Å²) < 4.78 is 10.7. The maximum Gasteiger partial charge on any atom is 0.240 e. The molecular formula is C15H13NO3. The molecule has 4 nitrogen and oxygen atoms in total. The number of rotatable bonds is 5. The van der Waals surface area contributed by atoms with Crippen molar-refractivity contribution in [3.8, 4) is 11.5 Å². The second-order valence-electron chi connectivity index (χ2n) is 3.81. The zero-order chi connectivity index (χ0) is 13.5. The van der Waals surface area contributed by atoms with Crippen molar-refractivity contribution in [1.82, 2.24) is 0 Å². The van der Waals surface area contributed by atoms with Crippen LogP contribution in [0.15, 0.2) is 53.5 Å². The van der Waals surface area contributed by atoms with Crippen LogP contribution in [-0.4, -0.2) is 13.2 Å². The highest BCUT2D eigenvalue weighted by atomic mass is 16.5. The van der Waals surface area contributed by atoms with Gasteiger partial charge in [-0.15, -0.1) is 0 Å². The molecule has 0 aliphatic carbocycles. The van der Waals surface area contributed by atoms with Crippen LogP contribution < -0.4 is 9.47 Å². The van der Waals surface area contributed by atoms with E-state index in [0.29, 0.717) is 23.8 Å². The van der Waals surface area contributed by atoms with Gasteiger partial charge in [-0.1, -0.05) is 30.3 Å². The van der Waals surface area contributed by atoms with E-state index in [1.165, 1.54) is 13.2 Å². The van der Waals surface area contributed by atoms with E-state index in [1.54, 1.807) is 18.2 Å². The lowest BCUT2D eigenvalue weighted by molar-refractivity contribution is 0.305. The number of carbonyl (C=O) groups excluding carboxylic acids is 1. The number of hydrogen-bond acceptors (Lipinski definition) is 4. The van der Waals surface area contributed by atoms with Crippen molar-refractivity contribution in [2.24, 2.45) is 4.99 Å². The van der Waals surface area contributed by atoms with Crippen LogP contribution >= 0.6 is 0 Å². The van der Waals surface area contributed by atoms with Crippen LogP contribution in [0.25, 0.3) is 0 Å². The van der Waals surface area contributed by atoms with Gasteiger partial charge in [-0.3, -0.25) is 0 Å². The summed E-state index contributed by atoms with van der Waals surface area (Å²) in [6.45, 7) is 0.456. The fourth-order valence-electron chi connectivity index (χ4n) is 1.64. The Bertz CT molecular complexity index is 590. The monoisotopic (exact) mass is 255 g/mol. The standard InChI is InChI=1S/C15H13NO3/c1-18-15-8-7-13(9-14(15)16-11-17)19-10-12-5-3-2-4-6-12/h2-9H,10H2,1H3. The third kappa shape index (κ3) is 3.44. The van der Waals surface area contributed by atoms with Gasteiger partial charge in [0.05, 0.1) is 7.11 Å². The van der Waals surface area contributed by atoms with Gasteiger partial charge in [0, 0.05) is 6.07 Å². The topological polar surface area (TPSA) is 47.9 Å². The van der Waals surface area contributed by atoms with Crippen molar-refractivity contribution < 1.29 is 14.3 Å². The molecule has 0 saturated carbocycles. The van der Waals surface area contributed by atoms with E-state index >= 15 is 0 Å². The molecule has 2 aromatic carbocycles. The maximum atomic E-state index is 10.3. The number of hydrogen-bond donors (Lipinski definition) is 0. The highest BCUT2D eigenvalue weighted by Gasteiger charge is 2.04. The minimum Gasteiger partial charge on any atom is -0.494 e. The molecule has 2 rings (SSSR count). The smallest absolute Gasteiger partial charge is 0.240 e. The first-order valence-electron chi connectivity index (χ1n) is 5.76. The van der Waals surface area contributed by atoms with Crippen LogP contribution in [0.5, 0.6) is 11.5 Å². The minimum absolute atomic E-state index is 0.406. The summed E-state index contributed by atoms with van der Waals surface area (Å²) in [7, 11) is 1.52. The predicted octanol–water partition coefficient (Wildman–Crippen LogP) is 3.24. The molecule has 0 spiro atoms. The molecule has 19 heavy (non-hydrogen) atoms. The number of benzene rings is 2. The summed E-state index contributed by atoms with van der Waals surface area (Å²) in [6, 6.07) is 14.9. The Balaban J connectivity index is 2.13. The Morgan fingerprint density at radius 2 is 1.95 bits per heavy atom. The fourth-order valence-corrected chi connectivity index (χ4v) is 1.64. The lowest BCUT2D eigenvalue weighted by atomic mass is 10.2. The summed E-state index contributed by atoms with van der Waals surface area (Å²) in [5.41, 5.74) is 1.47. The van der Waals surface area contributed by atoms with Gasteiger partial charge in [0.25, 0.3) is 0 Å². The highest BCUT2D eigenvalue weighted by molar-refractivity contribution is 5.60. The van der Waals surface area contributed by atoms with Gasteiger partial charge in [-0.25, -0.2) is 4.79 Å². The van der Waals surface area contributed by atoms with Crippen LogP contribution in [0, 0.1) is 0 Å². The Morgan fingerprint density at radius 3 is 2.63 bits per heavy atom.